The quantitative estimate of drug-likeness (QED) is 0.396. The standard InChI is InChI=1S/C34H45F3N6O3/c1-22-8-5-9-27(28(22)34(35,36)37)40-17-12-25-26(20-40)38-30(45-21-33-13-6-15-42(33)16-7-14-33)39-29(25)41-18-23-10-11-24(19-41)43(23)31(44)46-32(2,3)4/h5,8-9,23-24H,6-7,10-21H2,1-4H3/t23-,24+. The molecule has 250 valence electrons. The maximum atomic E-state index is 14.2. The van der Waals surface area contributed by atoms with Crippen molar-refractivity contribution in [2.45, 2.75) is 109 Å². The molecule has 4 fully saturated rings. The van der Waals surface area contributed by atoms with Gasteiger partial charge in [0.05, 0.1) is 35.4 Å². The molecule has 12 heteroatoms. The molecule has 7 rings (SSSR count). The van der Waals surface area contributed by atoms with Crippen LogP contribution in [0, 0.1) is 6.92 Å². The first-order valence-electron chi connectivity index (χ1n) is 16.8. The van der Waals surface area contributed by atoms with E-state index in [-0.39, 0.29) is 47.5 Å². The summed E-state index contributed by atoms with van der Waals surface area (Å²) in [6, 6.07) is 5.03. The number of rotatable bonds is 5. The summed E-state index contributed by atoms with van der Waals surface area (Å²) < 4.78 is 54.9. The highest BCUT2D eigenvalue weighted by Gasteiger charge is 2.47. The summed E-state index contributed by atoms with van der Waals surface area (Å²) in [4.78, 5) is 31.5. The third-order valence-electron chi connectivity index (χ3n) is 10.6. The third-order valence-corrected chi connectivity index (χ3v) is 10.6. The van der Waals surface area contributed by atoms with Crippen molar-refractivity contribution in [3.05, 3.63) is 40.6 Å². The van der Waals surface area contributed by atoms with Crippen molar-refractivity contribution in [2.75, 3.05) is 49.1 Å². The minimum absolute atomic E-state index is 0.00487. The Bertz CT molecular complexity index is 1470. The van der Waals surface area contributed by atoms with Crippen LogP contribution in [-0.2, 0) is 23.9 Å². The van der Waals surface area contributed by atoms with Gasteiger partial charge in [-0.3, -0.25) is 9.80 Å². The number of fused-ring (bicyclic) bond motifs is 4. The number of hydrogen-bond acceptors (Lipinski definition) is 8. The molecule has 4 saturated heterocycles. The molecule has 6 heterocycles. The highest BCUT2D eigenvalue weighted by molar-refractivity contribution is 5.70. The molecular weight excluding hydrogens is 597 g/mol. The largest absolute Gasteiger partial charge is 0.461 e. The third kappa shape index (κ3) is 5.75. The lowest BCUT2D eigenvalue weighted by atomic mass is 9.95. The number of hydrogen-bond donors (Lipinski definition) is 0. The Hall–Kier alpha value is -3.28. The van der Waals surface area contributed by atoms with Crippen molar-refractivity contribution >= 4 is 17.6 Å². The van der Waals surface area contributed by atoms with E-state index in [1.165, 1.54) is 13.0 Å². The van der Waals surface area contributed by atoms with E-state index in [1.807, 2.05) is 25.7 Å². The fraction of sp³-hybridized carbons (Fsp3) is 0.676. The number of ether oxygens (including phenoxy) is 2. The van der Waals surface area contributed by atoms with Gasteiger partial charge in [0, 0.05) is 30.9 Å². The van der Waals surface area contributed by atoms with Crippen LogP contribution in [0.3, 0.4) is 0 Å². The van der Waals surface area contributed by atoms with E-state index >= 15 is 0 Å². The Balaban J connectivity index is 1.20. The normalized spacial score (nSPS) is 24.3. The molecule has 9 nitrogen and oxygen atoms in total. The number of nitrogens with zero attached hydrogens (tertiary/aromatic N) is 6. The first-order chi connectivity index (χ1) is 21.8. The zero-order valence-corrected chi connectivity index (χ0v) is 27.3. The van der Waals surface area contributed by atoms with Crippen molar-refractivity contribution in [3.8, 4) is 6.01 Å². The van der Waals surface area contributed by atoms with Crippen LogP contribution in [0.2, 0.25) is 0 Å². The second kappa shape index (κ2) is 11.5. The summed E-state index contributed by atoms with van der Waals surface area (Å²) in [5.74, 6) is 0.785. The van der Waals surface area contributed by atoms with E-state index in [0.29, 0.717) is 38.4 Å². The number of anilines is 2. The first kappa shape index (κ1) is 31.3. The Kier molecular flexibility index (Phi) is 7.80. The number of benzene rings is 1. The predicted molar refractivity (Wildman–Crippen MR) is 168 cm³/mol. The summed E-state index contributed by atoms with van der Waals surface area (Å²) in [7, 11) is 0. The molecule has 0 N–H and O–H groups in total. The van der Waals surface area contributed by atoms with E-state index < -0.39 is 17.3 Å². The van der Waals surface area contributed by atoms with E-state index in [4.69, 9.17) is 19.4 Å². The fourth-order valence-corrected chi connectivity index (χ4v) is 8.55. The average molecular weight is 643 g/mol. The lowest BCUT2D eigenvalue weighted by Crippen LogP contribution is -2.57. The maximum absolute atomic E-state index is 14.2. The van der Waals surface area contributed by atoms with E-state index in [0.717, 1.165) is 63.0 Å². The van der Waals surface area contributed by atoms with Gasteiger partial charge in [-0.1, -0.05) is 12.1 Å². The van der Waals surface area contributed by atoms with Gasteiger partial charge in [-0.25, -0.2) is 4.79 Å². The van der Waals surface area contributed by atoms with E-state index in [9.17, 15) is 18.0 Å². The molecule has 5 aliphatic heterocycles. The highest BCUT2D eigenvalue weighted by Crippen LogP contribution is 2.43. The minimum Gasteiger partial charge on any atom is -0.461 e. The topological polar surface area (TPSA) is 74.3 Å². The lowest BCUT2D eigenvalue weighted by Gasteiger charge is -2.43. The molecular formula is C34H45F3N6O3. The van der Waals surface area contributed by atoms with Crippen LogP contribution in [0.15, 0.2) is 18.2 Å². The van der Waals surface area contributed by atoms with Crippen molar-refractivity contribution < 1.29 is 27.4 Å². The second-order valence-electron chi connectivity index (χ2n) is 14.8. The average Bonchev–Trinajstić information content (AvgIpc) is 3.64. The number of halogens is 3. The summed E-state index contributed by atoms with van der Waals surface area (Å²) in [5.41, 5.74) is 0.878. The molecule has 0 saturated carbocycles. The zero-order chi connectivity index (χ0) is 32.4. The predicted octanol–water partition coefficient (Wildman–Crippen LogP) is 5.96. The number of carbonyl (C=O) groups excluding carboxylic acids is 1. The Morgan fingerprint density at radius 3 is 2.35 bits per heavy atom. The minimum atomic E-state index is -4.47. The molecule has 1 amide bonds. The fourth-order valence-electron chi connectivity index (χ4n) is 8.55. The number of piperazine rings is 1. The summed E-state index contributed by atoms with van der Waals surface area (Å²) >= 11 is 0. The Morgan fingerprint density at radius 1 is 1.00 bits per heavy atom. The number of alkyl halides is 3. The van der Waals surface area contributed by atoms with Gasteiger partial charge < -0.3 is 19.3 Å². The lowest BCUT2D eigenvalue weighted by molar-refractivity contribution is -0.137. The van der Waals surface area contributed by atoms with Gasteiger partial charge >= 0.3 is 18.3 Å². The van der Waals surface area contributed by atoms with Crippen molar-refractivity contribution in [1.82, 2.24) is 19.8 Å². The van der Waals surface area contributed by atoms with Gasteiger partial charge in [0.15, 0.2) is 0 Å². The second-order valence-corrected chi connectivity index (χ2v) is 14.8. The molecule has 2 aromatic rings. The molecule has 46 heavy (non-hydrogen) atoms. The van der Waals surface area contributed by atoms with Crippen LogP contribution in [0.4, 0.5) is 29.5 Å². The van der Waals surface area contributed by atoms with Gasteiger partial charge in [0.2, 0.25) is 0 Å². The molecule has 1 aromatic heterocycles. The summed E-state index contributed by atoms with van der Waals surface area (Å²) in [5, 5.41) is 0. The maximum Gasteiger partial charge on any atom is 0.418 e. The zero-order valence-electron chi connectivity index (χ0n) is 27.3. The number of aryl methyl sites for hydroxylation is 1. The first-order valence-corrected chi connectivity index (χ1v) is 16.8. The molecule has 0 radical (unpaired) electrons. The van der Waals surface area contributed by atoms with Crippen LogP contribution in [-0.4, -0.2) is 88.4 Å². The number of aromatic nitrogens is 2. The van der Waals surface area contributed by atoms with Gasteiger partial charge in [0.1, 0.15) is 18.0 Å². The highest BCUT2D eigenvalue weighted by atomic mass is 19.4. The van der Waals surface area contributed by atoms with Crippen molar-refractivity contribution in [1.29, 1.82) is 0 Å². The smallest absolute Gasteiger partial charge is 0.418 e. The molecule has 0 spiro atoms. The van der Waals surface area contributed by atoms with Gasteiger partial charge in [-0.05, 0) is 97.4 Å². The Labute approximate surface area is 269 Å². The summed E-state index contributed by atoms with van der Waals surface area (Å²) in [6.07, 6.45) is 2.01. The summed E-state index contributed by atoms with van der Waals surface area (Å²) in [6.45, 7) is 11.7. The van der Waals surface area contributed by atoms with Crippen LogP contribution >= 0.6 is 0 Å². The SMILES string of the molecule is Cc1cccc(N2CCc3c(nc(OCC45CCCN4CCC5)nc3N3C[C@H]4CC[C@@H](C3)N4C(=O)OC(C)(C)C)C2)c1C(F)(F)F. The van der Waals surface area contributed by atoms with Gasteiger partial charge in [0.25, 0.3) is 0 Å². The monoisotopic (exact) mass is 642 g/mol. The van der Waals surface area contributed by atoms with Crippen LogP contribution < -0.4 is 14.5 Å². The molecule has 0 aliphatic carbocycles. The molecule has 1 aromatic carbocycles. The van der Waals surface area contributed by atoms with E-state index in [2.05, 4.69) is 9.80 Å². The molecule has 0 unspecified atom stereocenters. The number of carbonyl (C=O) groups is 1. The van der Waals surface area contributed by atoms with Crippen molar-refractivity contribution in [3.63, 3.8) is 0 Å². The van der Waals surface area contributed by atoms with Crippen LogP contribution in [0.1, 0.15) is 81.7 Å². The van der Waals surface area contributed by atoms with Crippen LogP contribution in [0.5, 0.6) is 6.01 Å². The van der Waals surface area contributed by atoms with Crippen LogP contribution in [0.25, 0.3) is 0 Å². The van der Waals surface area contributed by atoms with Gasteiger partial charge in [-0.15, -0.1) is 0 Å². The molecule has 2 atom stereocenters. The molecule has 2 bridgehead atoms. The number of amides is 1. The Morgan fingerprint density at radius 2 is 1.70 bits per heavy atom. The molecule has 5 aliphatic rings. The van der Waals surface area contributed by atoms with Crippen molar-refractivity contribution in [2.24, 2.45) is 0 Å². The van der Waals surface area contributed by atoms with Gasteiger partial charge in [-0.2, -0.15) is 23.1 Å². The van der Waals surface area contributed by atoms with E-state index in [1.54, 1.807) is 17.0 Å².